The highest BCUT2D eigenvalue weighted by Gasteiger charge is 2.55. The number of primary amides is 1. The highest BCUT2D eigenvalue weighted by atomic mass is 16.5. The highest BCUT2D eigenvalue weighted by Crippen LogP contribution is 2.55. The third-order valence-electron chi connectivity index (χ3n) is 7.45. The first kappa shape index (κ1) is 22.2. The van der Waals surface area contributed by atoms with Crippen LogP contribution in [-0.2, 0) is 14.4 Å². The van der Waals surface area contributed by atoms with Crippen LogP contribution in [0.3, 0.4) is 0 Å². The van der Waals surface area contributed by atoms with E-state index in [4.69, 9.17) is 10.5 Å². The predicted molar refractivity (Wildman–Crippen MR) is 123 cm³/mol. The van der Waals surface area contributed by atoms with Crippen molar-refractivity contribution in [1.29, 1.82) is 0 Å². The van der Waals surface area contributed by atoms with Crippen LogP contribution in [0.2, 0.25) is 0 Å². The molecule has 3 aliphatic rings. The summed E-state index contributed by atoms with van der Waals surface area (Å²) in [5.74, 6) is -1.21. The van der Waals surface area contributed by atoms with Crippen molar-refractivity contribution in [3.63, 3.8) is 0 Å². The number of rotatable bonds is 7. The molecule has 10 heteroatoms. The Kier molecular flexibility index (Phi) is 5.45. The molecule has 1 aromatic carbocycles. The average Bonchev–Trinajstić information content (AvgIpc) is 3.14. The average molecular weight is 468 g/mol. The normalized spacial score (nSPS) is 23.7. The molecule has 0 radical (unpaired) electrons. The Balaban J connectivity index is 1.36. The molecule has 34 heavy (non-hydrogen) atoms. The number of H-pyrrole nitrogens is 1. The van der Waals surface area contributed by atoms with E-state index in [1.54, 1.807) is 18.1 Å². The summed E-state index contributed by atoms with van der Waals surface area (Å²) in [6.07, 6.45) is 3.22. The molecule has 1 spiro atoms. The molecule has 1 aromatic heterocycles. The summed E-state index contributed by atoms with van der Waals surface area (Å²) in [4.78, 5) is 55.6. The zero-order chi connectivity index (χ0) is 24.0. The van der Waals surface area contributed by atoms with Crippen molar-refractivity contribution in [3.8, 4) is 5.75 Å². The van der Waals surface area contributed by atoms with Gasteiger partial charge in [0.2, 0.25) is 17.7 Å². The quantitative estimate of drug-likeness (QED) is 0.473. The van der Waals surface area contributed by atoms with Gasteiger partial charge in [0.25, 0.3) is 5.91 Å². The molecular formula is C24H29N5O5. The van der Waals surface area contributed by atoms with Gasteiger partial charge in [-0.25, -0.2) is 0 Å². The van der Waals surface area contributed by atoms with E-state index < -0.39 is 23.9 Å². The molecule has 10 nitrogen and oxygen atoms in total. The summed E-state index contributed by atoms with van der Waals surface area (Å²) in [5.41, 5.74) is 6.65. The molecule has 0 bridgehead atoms. The van der Waals surface area contributed by atoms with E-state index in [9.17, 15) is 19.2 Å². The van der Waals surface area contributed by atoms with Gasteiger partial charge in [-0.2, -0.15) is 0 Å². The number of fused-ring (bicyclic) bond motifs is 1. The van der Waals surface area contributed by atoms with Gasteiger partial charge in [0, 0.05) is 29.9 Å². The molecule has 2 aliphatic heterocycles. The third-order valence-corrected chi connectivity index (χ3v) is 7.45. The second-order valence-corrected chi connectivity index (χ2v) is 9.73. The van der Waals surface area contributed by atoms with Crippen molar-refractivity contribution in [1.82, 2.24) is 20.5 Å². The maximum absolute atomic E-state index is 13.5. The van der Waals surface area contributed by atoms with Crippen molar-refractivity contribution in [2.75, 3.05) is 20.2 Å². The van der Waals surface area contributed by atoms with Crippen LogP contribution in [0.1, 0.15) is 42.6 Å². The number of nitrogens with one attached hydrogen (secondary N) is 3. The summed E-state index contributed by atoms with van der Waals surface area (Å²) in [6, 6.07) is 5.60. The third kappa shape index (κ3) is 3.97. The van der Waals surface area contributed by atoms with Crippen molar-refractivity contribution in [2.45, 2.75) is 44.2 Å². The standard InChI is InChI=1S/C24H29N5O5/c1-34-19-4-2-3-15-14(19)10-17(27-15)23(33)29-12-24(6-7-24)11-18(29)22(32)28-16(20(25)30)9-13-5-8-26-21(13)31/h2-4,10,13,16,18,27H,5-9,11-12H2,1H3,(H2,25,30)(H,26,31)(H,28,32)/t13-,16-,18?/m0/s1. The monoisotopic (exact) mass is 467 g/mol. The molecule has 1 saturated carbocycles. The number of nitrogens with zero attached hydrogens (tertiary/aromatic N) is 1. The number of likely N-dealkylation sites (tertiary alicyclic amines) is 1. The summed E-state index contributed by atoms with van der Waals surface area (Å²) < 4.78 is 5.40. The molecule has 2 saturated heterocycles. The zero-order valence-electron chi connectivity index (χ0n) is 19.1. The maximum atomic E-state index is 13.5. The fraction of sp³-hybridized carbons (Fsp3) is 0.500. The Labute approximate surface area is 196 Å². The van der Waals surface area contributed by atoms with E-state index in [1.165, 1.54) is 0 Å². The molecular weight excluding hydrogens is 438 g/mol. The fourth-order valence-electron chi connectivity index (χ4n) is 5.29. The summed E-state index contributed by atoms with van der Waals surface area (Å²) in [7, 11) is 1.57. The van der Waals surface area contributed by atoms with Crippen LogP contribution in [0.15, 0.2) is 24.3 Å². The van der Waals surface area contributed by atoms with E-state index in [-0.39, 0.29) is 29.6 Å². The van der Waals surface area contributed by atoms with Gasteiger partial charge >= 0.3 is 0 Å². The van der Waals surface area contributed by atoms with Crippen LogP contribution in [0.5, 0.6) is 5.75 Å². The van der Waals surface area contributed by atoms with Crippen molar-refractivity contribution >= 4 is 34.5 Å². The number of hydrogen-bond acceptors (Lipinski definition) is 5. The molecule has 5 rings (SSSR count). The second kappa shape index (κ2) is 8.34. The lowest BCUT2D eigenvalue weighted by Gasteiger charge is -2.26. The first-order chi connectivity index (χ1) is 16.3. The Morgan fingerprint density at radius 2 is 2.12 bits per heavy atom. The lowest BCUT2D eigenvalue weighted by molar-refractivity contribution is -0.131. The van der Waals surface area contributed by atoms with Gasteiger partial charge in [-0.1, -0.05) is 6.07 Å². The minimum atomic E-state index is -0.966. The van der Waals surface area contributed by atoms with E-state index in [0.29, 0.717) is 37.4 Å². The van der Waals surface area contributed by atoms with Gasteiger partial charge in [0.05, 0.1) is 7.11 Å². The van der Waals surface area contributed by atoms with Crippen LogP contribution >= 0.6 is 0 Å². The lowest BCUT2D eigenvalue weighted by Crippen LogP contribution is -2.53. The van der Waals surface area contributed by atoms with Gasteiger partial charge in [-0.05, 0) is 55.7 Å². The number of aromatic nitrogens is 1. The molecule has 3 atom stereocenters. The number of aromatic amines is 1. The maximum Gasteiger partial charge on any atom is 0.271 e. The smallest absolute Gasteiger partial charge is 0.271 e. The van der Waals surface area contributed by atoms with E-state index in [2.05, 4.69) is 15.6 Å². The number of carbonyl (C=O) groups is 4. The van der Waals surface area contributed by atoms with E-state index in [1.807, 2.05) is 18.2 Å². The molecule has 3 heterocycles. The van der Waals surface area contributed by atoms with Crippen molar-refractivity contribution in [3.05, 3.63) is 30.0 Å². The molecule has 1 unspecified atom stereocenters. The molecule has 3 fully saturated rings. The molecule has 2 aromatic rings. The molecule has 1 aliphatic carbocycles. The van der Waals surface area contributed by atoms with Gasteiger partial charge in [0.1, 0.15) is 23.5 Å². The topological polar surface area (TPSA) is 147 Å². The summed E-state index contributed by atoms with van der Waals surface area (Å²) >= 11 is 0. The van der Waals surface area contributed by atoms with Crippen molar-refractivity contribution in [2.24, 2.45) is 17.1 Å². The van der Waals surface area contributed by atoms with Gasteiger partial charge < -0.3 is 31.0 Å². The van der Waals surface area contributed by atoms with Gasteiger partial charge in [-0.3, -0.25) is 19.2 Å². The fourth-order valence-corrected chi connectivity index (χ4v) is 5.29. The largest absolute Gasteiger partial charge is 0.496 e. The van der Waals surface area contributed by atoms with E-state index >= 15 is 0 Å². The van der Waals surface area contributed by atoms with Gasteiger partial charge in [-0.15, -0.1) is 0 Å². The number of hydrogen-bond donors (Lipinski definition) is 4. The van der Waals surface area contributed by atoms with Gasteiger partial charge in [0.15, 0.2) is 0 Å². The summed E-state index contributed by atoms with van der Waals surface area (Å²) in [5, 5.41) is 6.26. The Hall–Kier alpha value is -3.56. The van der Waals surface area contributed by atoms with Crippen LogP contribution in [0.4, 0.5) is 0 Å². The molecule has 180 valence electrons. The Bertz CT molecular complexity index is 1170. The predicted octanol–water partition coefficient (Wildman–Crippen LogP) is 0.668. The first-order valence-electron chi connectivity index (χ1n) is 11.6. The number of methoxy groups -OCH3 is 1. The molecule has 4 amide bonds. The number of nitrogens with two attached hydrogens (primary N) is 1. The Morgan fingerprint density at radius 1 is 1.32 bits per heavy atom. The number of carbonyl (C=O) groups excluding carboxylic acids is 4. The Morgan fingerprint density at radius 3 is 2.76 bits per heavy atom. The lowest BCUT2D eigenvalue weighted by atomic mass is 9.97. The summed E-state index contributed by atoms with van der Waals surface area (Å²) in [6.45, 7) is 1.04. The van der Waals surface area contributed by atoms with Crippen LogP contribution in [-0.4, -0.2) is 65.8 Å². The number of amides is 4. The SMILES string of the molecule is COc1cccc2[nH]c(C(=O)N3CC4(CC4)CC3C(=O)N[C@@H](C[C@@H]3CCNC3=O)C(N)=O)cc12. The van der Waals surface area contributed by atoms with Crippen molar-refractivity contribution < 1.29 is 23.9 Å². The van der Waals surface area contributed by atoms with E-state index in [0.717, 1.165) is 23.7 Å². The zero-order valence-corrected chi connectivity index (χ0v) is 19.1. The number of ether oxygens (including phenoxy) is 1. The highest BCUT2D eigenvalue weighted by molar-refractivity contribution is 6.02. The number of benzene rings is 1. The van der Waals surface area contributed by atoms with Crippen LogP contribution in [0.25, 0.3) is 10.9 Å². The second-order valence-electron chi connectivity index (χ2n) is 9.73. The minimum Gasteiger partial charge on any atom is -0.496 e. The minimum absolute atomic E-state index is 0.0467. The van der Waals surface area contributed by atoms with Crippen LogP contribution in [0, 0.1) is 11.3 Å². The first-order valence-corrected chi connectivity index (χ1v) is 11.6. The molecule has 5 N–H and O–H groups in total. The van der Waals surface area contributed by atoms with Crippen LogP contribution < -0.4 is 21.1 Å².